The standard InChI is InChI=1S/C15H17BrN2OS/c1-18(9-11-8-14(16)20-10-11)15(19)13-5-3-2-4-12(13)6-7-17/h2-5,8,10H,6-7,9,17H2,1H3. The SMILES string of the molecule is CN(Cc1csc(Br)c1)C(=O)c1ccccc1CCN. The van der Waals surface area contributed by atoms with Crippen molar-refractivity contribution in [3.63, 3.8) is 0 Å². The third-order valence-corrected chi connectivity index (χ3v) is 4.60. The Bertz CT molecular complexity index is 597. The van der Waals surface area contributed by atoms with E-state index >= 15 is 0 Å². The van der Waals surface area contributed by atoms with Crippen molar-refractivity contribution >= 4 is 33.2 Å². The Morgan fingerprint density at radius 2 is 2.15 bits per heavy atom. The fourth-order valence-electron chi connectivity index (χ4n) is 2.08. The minimum Gasteiger partial charge on any atom is -0.337 e. The van der Waals surface area contributed by atoms with Gasteiger partial charge in [0.05, 0.1) is 3.79 Å². The Kier molecular flexibility index (Phi) is 5.34. The average molecular weight is 353 g/mol. The number of thiophene rings is 1. The molecule has 1 heterocycles. The first kappa shape index (κ1) is 15.2. The van der Waals surface area contributed by atoms with E-state index in [4.69, 9.17) is 5.73 Å². The molecule has 1 aromatic carbocycles. The van der Waals surface area contributed by atoms with E-state index in [2.05, 4.69) is 21.3 Å². The minimum atomic E-state index is 0.0383. The first-order valence-corrected chi connectivity index (χ1v) is 8.05. The predicted octanol–water partition coefficient (Wildman–Crippen LogP) is 3.28. The first-order valence-electron chi connectivity index (χ1n) is 6.38. The molecule has 106 valence electrons. The number of halogens is 1. The molecule has 1 amide bonds. The number of nitrogens with two attached hydrogens (primary N) is 1. The fraction of sp³-hybridized carbons (Fsp3) is 0.267. The highest BCUT2D eigenvalue weighted by Crippen LogP contribution is 2.22. The van der Waals surface area contributed by atoms with Crippen molar-refractivity contribution in [3.8, 4) is 0 Å². The summed E-state index contributed by atoms with van der Waals surface area (Å²) in [7, 11) is 1.83. The average Bonchev–Trinajstić information content (AvgIpc) is 2.84. The molecule has 0 radical (unpaired) electrons. The van der Waals surface area contributed by atoms with Gasteiger partial charge < -0.3 is 10.6 Å². The molecule has 0 aliphatic heterocycles. The number of hydrogen-bond acceptors (Lipinski definition) is 3. The van der Waals surface area contributed by atoms with Gasteiger partial charge in [-0.15, -0.1) is 11.3 Å². The zero-order valence-corrected chi connectivity index (χ0v) is 13.7. The third kappa shape index (κ3) is 3.69. The van der Waals surface area contributed by atoms with E-state index in [1.807, 2.05) is 37.4 Å². The molecule has 0 bridgehead atoms. The molecule has 3 nitrogen and oxygen atoms in total. The van der Waals surface area contributed by atoms with Crippen LogP contribution in [0.15, 0.2) is 39.5 Å². The lowest BCUT2D eigenvalue weighted by molar-refractivity contribution is 0.0784. The summed E-state index contributed by atoms with van der Waals surface area (Å²) in [6, 6.07) is 9.71. The van der Waals surface area contributed by atoms with Crippen LogP contribution < -0.4 is 5.73 Å². The zero-order chi connectivity index (χ0) is 14.5. The highest BCUT2D eigenvalue weighted by atomic mass is 79.9. The molecule has 2 aromatic rings. The van der Waals surface area contributed by atoms with Crippen molar-refractivity contribution in [2.75, 3.05) is 13.6 Å². The van der Waals surface area contributed by atoms with Crippen LogP contribution in [-0.4, -0.2) is 24.4 Å². The van der Waals surface area contributed by atoms with E-state index in [-0.39, 0.29) is 5.91 Å². The molecule has 0 aliphatic rings. The highest BCUT2D eigenvalue weighted by Gasteiger charge is 2.15. The van der Waals surface area contributed by atoms with Gasteiger partial charge in [-0.05, 0) is 57.5 Å². The van der Waals surface area contributed by atoms with Crippen molar-refractivity contribution in [1.29, 1.82) is 0 Å². The number of amides is 1. The summed E-state index contributed by atoms with van der Waals surface area (Å²) < 4.78 is 1.08. The second-order valence-electron chi connectivity index (χ2n) is 4.62. The van der Waals surface area contributed by atoms with Crippen LogP contribution in [0.2, 0.25) is 0 Å². The van der Waals surface area contributed by atoms with E-state index in [0.717, 1.165) is 26.9 Å². The van der Waals surface area contributed by atoms with Crippen molar-refractivity contribution in [2.24, 2.45) is 5.73 Å². The molecule has 2 N–H and O–H groups in total. The largest absolute Gasteiger partial charge is 0.337 e. The van der Waals surface area contributed by atoms with Gasteiger partial charge in [-0.25, -0.2) is 0 Å². The molecule has 0 aliphatic carbocycles. The summed E-state index contributed by atoms with van der Waals surface area (Å²) in [5.74, 6) is 0.0383. The van der Waals surface area contributed by atoms with Gasteiger partial charge >= 0.3 is 0 Å². The Balaban J connectivity index is 2.14. The molecule has 0 saturated carbocycles. The quantitative estimate of drug-likeness (QED) is 0.897. The molecule has 0 fully saturated rings. The van der Waals surface area contributed by atoms with Gasteiger partial charge in [0, 0.05) is 19.2 Å². The normalized spacial score (nSPS) is 10.6. The van der Waals surface area contributed by atoms with Crippen LogP contribution in [0.25, 0.3) is 0 Å². The van der Waals surface area contributed by atoms with Gasteiger partial charge in [-0.3, -0.25) is 4.79 Å². The Hall–Kier alpha value is -1.17. The topological polar surface area (TPSA) is 46.3 Å². The summed E-state index contributed by atoms with van der Waals surface area (Å²) in [5.41, 5.74) is 8.49. The maximum Gasteiger partial charge on any atom is 0.254 e. The first-order chi connectivity index (χ1) is 9.61. The van der Waals surface area contributed by atoms with Crippen molar-refractivity contribution in [3.05, 3.63) is 56.2 Å². The van der Waals surface area contributed by atoms with Crippen LogP contribution >= 0.6 is 27.3 Å². The van der Waals surface area contributed by atoms with Crippen molar-refractivity contribution in [2.45, 2.75) is 13.0 Å². The van der Waals surface area contributed by atoms with Gasteiger partial charge in [0.15, 0.2) is 0 Å². The number of benzene rings is 1. The van der Waals surface area contributed by atoms with Crippen LogP contribution in [-0.2, 0) is 13.0 Å². The number of carbonyl (C=O) groups is 1. The second-order valence-corrected chi connectivity index (χ2v) is 6.91. The van der Waals surface area contributed by atoms with E-state index in [1.165, 1.54) is 0 Å². The van der Waals surface area contributed by atoms with Gasteiger partial charge in [0.25, 0.3) is 5.91 Å². The number of hydrogen-bond donors (Lipinski definition) is 1. The van der Waals surface area contributed by atoms with E-state index in [0.29, 0.717) is 13.1 Å². The van der Waals surface area contributed by atoms with E-state index in [1.54, 1.807) is 16.2 Å². The third-order valence-electron chi connectivity index (χ3n) is 3.05. The lowest BCUT2D eigenvalue weighted by atomic mass is 10.0. The molecule has 2 rings (SSSR count). The van der Waals surface area contributed by atoms with Crippen LogP contribution in [0.3, 0.4) is 0 Å². The maximum atomic E-state index is 12.5. The summed E-state index contributed by atoms with van der Waals surface area (Å²) in [5, 5.41) is 2.06. The molecule has 1 aromatic heterocycles. The molecule has 0 saturated heterocycles. The number of carbonyl (C=O) groups excluding carboxylic acids is 1. The van der Waals surface area contributed by atoms with Gasteiger partial charge in [0.1, 0.15) is 0 Å². The molecular weight excluding hydrogens is 336 g/mol. The second kappa shape index (κ2) is 7.02. The zero-order valence-electron chi connectivity index (χ0n) is 11.3. The molecular formula is C15H17BrN2OS. The van der Waals surface area contributed by atoms with Gasteiger partial charge in [0.2, 0.25) is 0 Å². The lowest BCUT2D eigenvalue weighted by Gasteiger charge is -2.18. The molecule has 5 heteroatoms. The van der Waals surface area contributed by atoms with Crippen LogP contribution in [0.1, 0.15) is 21.5 Å². The van der Waals surface area contributed by atoms with E-state index < -0.39 is 0 Å². The molecule has 20 heavy (non-hydrogen) atoms. The predicted molar refractivity (Wildman–Crippen MR) is 87.0 cm³/mol. The Labute approximate surface area is 131 Å². The van der Waals surface area contributed by atoms with Crippen LogP contribution in [0, 0.1) is 0 Å². The smallest absolute Gasteiger partial charge is 0.254 e. The van der Waals surface area contributed by atoms with Gasteiger partial charge in [-0.2, -0.15) is 0 Å². The number of nitrogens with zero attached hydrogens (tertiary/aromatic N) is 1. The van der Waals surface area contributed by atoms with E-state index in [9.17, 15) is 4.79 Å². The Morgan fingerprint density at radius 3 is 2.80 bits per heavy atom. The summed E-state index contributed by atoms with van der Waals surface area (Å²) in [4.78, 5) is 14.3. The monoisotopic (exact) mass is 352 g/mol. The molecule has 0 atom stereocenters. The minimum absolute atomic E-state index is 0.0383. The fourth-order valence-corrected chi connectivity index (χ4v) is 3.28. The highest BCUT2D eigenvalue weighted by molar-refractivity contribution is 9.11. The summed E-state index contributed by atoms with van der Waals surface area (Å²) >= 11 is 5.06. The van der Waals surface area contributed by atoms with Gasteiger partial charge in [-0.1, -0.05) is 18.2 Å². The summed E-state index contributed by atoms with van der Waals surface area (Å²) in [6.07, 6.45) is 0.722. The molecule has 0 spiro atoms. The Morgan fingerprint density at radius 1 is 1.40 bits per heavy atom. The van der Waals surface area contributed by atoms with Crippen LogP contribution in [0.4, 0.5) is 0 Å². The van der Waals surface area contributed by atoms with Crippen molar-refractivity contribution in [1.82, 2.24) is 4.90 Å². The van der Waals surface area contributed by atoms with Crippen molar-refractivity contribution < 1.29 is 4.79 Å². The lowest BCUT2D eigenvalue weighted by Crippen LogP contribution is -2.27. The summed E-state index contributed by atoms with van der Waals surface area (Å²) in [6.45, 7) is 1.16. The maximum absolute atomic E-state index is 12.5. The van der Waals surface area contributed by atoms with Crippen LogP contribution in [0.5, 0.6) is 0 Å². The molecule has 0 unspecified atom stereocenters. The number of rotatable bonds is 5.